The summed E-state index contributed by atoms with van der Waals surface area (Å²) in [6, 6.07) is 7.59. The van der Waals surface area contributed by atoms with Crippen molar-refractivity contribution in [1.82, 2.24) is 10.2 Å². The summed E-state index contributed by atoms with van der Waals surface area (Å²) in [4.78, 5) is 14.4. The Bertz CT molecular complexity index is 411. The van der Waals surface area contributed by atoms with Crippen LogP contribution in [0.15, 0.2) is 24.3 Å². The van der Waals surface area contributed by atoms with Gasteiger partial charge in [-0.25, -0.2) is 0 Å². The van der Waals surface area contributed by atoms with Crippen molar-refractivity contribution in [2.24, 2.45) is 0 Å². The van der Waals surface area contributed by atoms with Crippen LogP contribution in [0, 0.1) is 0 Å². The van der Waals surface area contributed by atoms with Crippen molar-refractivity contribution >= 4 is 5.91 Å². The molecule has 1 amide bonds. The zero-order valence-electron chi connectivity index (χ0n) is 11.7. The molecule has 1 N–H and O–H groups in total. The lowest BCUT2D eigenvalue weighted by Crippen LogP contribution is -2.40. The van der Waals surface area contributed by atoms with E-state index in [9.17, 15) is 4.79 Å². The molecular formula is C15H22N2O2. The molecule has 1 saturated heterocycles. The van der Waals surface area contributed by atoms with Crippen LogP contribution in [0.5, 0.6) is 5.75 Å². The summed E-state index contributed by atoms with van der Waals surface area (Å²) in [5, 5.41) is 2.99. The van der Waals surface area contributed by atoms with Gasteiger partial charge in [-0.2, -0.15) is 0 Å². The van der Waals surface area contributed by atoms with Gasteiger partial charge in [0.25, 0.3) is 5.91 Å². The molecule has 0 unspecified atom stereocenters. The van der Waals surface area contributed by atoms with Crippen molar-refractivity contribution in [3.63, 3.8) is 0 Å². The Kier molecular flexibility index (Phi) is 4.80. The number of ether oxygens (including phenoxy) is 1. The molecule has 1 aliphatic heterocycles. The van der Waals surface area contributed by atoms with E-state index in [1.807, 2.05) is 0 Å². The molecule has 4 nitrogen and oxygen atoms in total. The molecule has 0 radical (unpaired) electrons. The minimum Gasteiger partial charge on any atom is -0.497 e. The number of nitrogens with zero attached hydrogens (tertiary/aromatic N) is 1. The number of rotatable bonds is 5. The maximum atomic E-state index is 12.0. The highest BCUT2D eigenvalue weighted by Gasteiger charge is 2.18. The minimum atomic E-state index is -0.0197. The third kappa shape index (κ3) is 3.70. The van der Waals surface area contributed by atoms with Crippen LogP contribution in [0.4, 0.5) is 0 Å². The van der Waals surface area contributed by atoms with Crippen molar-refractivity contribution < 1.29 is 9.53 Å². The predicted octanol–water partition coefficient (Wildman–Crippen LogP) is 1.91. The van der Waals surface area contributed by atoms with Crippen molar-refractivity contribution in [3.05, 3.63) is 29.8 Å². The lowest BCUT2D eigenvalue weighted by molar-refractivity contribution is 0.0940. The monoisotopic (exact) mass is 262 g/mol. The van der Waals surface area contributed by atoms with Gasteiger partial charge >= 0.3 is 0 Å². The fraction of sp³-hybridized carbons (Fsp3) is 0.533. The van der Waals surface area contributed by atoms with Crippen LogP contribution in [0.3, 0.4) is 0 Å². The summed E-state index contributed by atoms with van der Waals surface area (Å²) >= 11 is 0. The molecule has 0 aliphatic carbocycles. The molecule has 1 aromatic carbocycles. The SMILES string of the molecule is COc1ccc(C(=O)NC[C@@H](C)N2CCCC2)cc1. The maximum absolute atomic E-state index is 12.0. The fourth-order valence-electron chi connectivity index (χ4n) is 2.40. The summed E-state index contributed by atoms with van der Waals surface area (Å²) in [5.74, 6) is 0.746. The van der Waals surface area contributed by atoms with E-state index in [0.29, 0.717) is 18.2 Å². The first kappa shape index (κ1) is 13.9. The van der Waals surface area contributed by atoms with Gasteiger partial charge in [0.2, 0.25) is 0 Å². The molecule has 0 bridgehead atoms. The van der Waals surface area contributed by atoms with Gasteiger partial charge in [0, 0.05) is 18.2 Å². The summed E-state index contributed by atoms with van der Waals surface area (Å²) in [5.41, 5.74) is 0.675. The standard InChI is InChI=1S/C15H22N2O2/c1-12(17-9-3-4-10-17)11-16-15(18)13-5-7-14(19-2)8-6-13/h5-8,12H,3-4,9-11H2,1-2H3,(H,16,18)/t12-/m1/s1. The number of carbonyl (C=O) groups is 1. The number of nitrogens with one attached hydrogen (secondary N) is 1. The highest BCUT2D eigenvalue weighted by Crippen LogP contribution is 2.12. The van der Waals surface area contributed by atoms with E-state index in [0.717, 1.165) is 18.8 Å². The van der Waals surface area contributed by atoms with Crippen LogP contribution in [0.1, 0.15) is 30.1 Å². The Labute approximate surface area is 114 Å². The second-order valence-electron chi connectivity index (χ2n) is 5.03. The fourth-order valence-corrected chi connectivity index (χ4v) is 2.40. The molecule has 1 heterocycles. The molecule has 1 atom stereocenters. The Hall–Kier alpha value is -1.55. The van der Waals surface area contributed by atoms with Crippen LogP contribution in [0.25, 0.3) is 0 Å². The molecule has 0 spiro atoms. The Morgan fingerprint density at radius 1 is 1.32 bits per heavy atom. The van der Waals surface area contributed by atoms with Crippen molar-refractivity contribution in [2.45, 2.75) is 25.8 Å². The first-order chi connectivity index (χ1) is 9.20. The summed E-state index contributed by atoms with van der Waals surface area (Å²) in [6.45, 7) is 5.17. The first-order valence-corrected chi connectivity index (χ1v) is 6.87. The molecule has 19 heavy (non-hydrogen) atoms. The third-order valence-electron chi connectivity index (χ3n) is 3.67. The highest BCUT2D eigenvalue weighted by atomic mass is 16.5. The maximum Gasteiger partial charge on any atom is 0.251 e. The molecule has 4 heteroatoms. The van der Waals surface area contributed by atoms with Crippen LogP contribution in [-0.4, -0.2) is 43.6 Å². The summed E-state index contributed by atoms with van der Waals surface area (Å²) in [6.07, 6.45) is 2.55. The second kappa shape index (κ2) is 6.57. The molecule has 2 rings (SSSR count). The number of benzene rings is 1. The van der Waals surface area contributed by atoms with Gasteiger partial charge in [-0.05, 0) is 57.1 Å². The van der Waals surface area contributed by atoms with E-state index in [4.69, 9.17) is 4.74 Å². The van der Waals surface area contributed by atoms with Crippen molar-refractivity contribution in [3.8, 4) is 5.75 Å². The van der Waals surface area contributed by atoms with Crippen LogP contribution >= 0.6 is 0 Å². The van der Waals surface area contributed by atoms with Gasteiger partial charge in [-0.15, -0.1) is 0 Å². The molecule has 1 aromatic rings. The number of amides is 1. The molecule has 0 aromatic heterocycles. The largest absolute Gasteiger partial charge is 0.497 e. The smallest absolute Gasteiger partial charge is 0.251 e. The molecule has 104 valence electrons. The first-order valence-electron chi connectivity index (χ1n) is 6.87. The van der Waals surface area contributed by atoms with Crippen molar-refractivity contribution in [2.75, 3.05) is 26.7 Å². The van der Waals surface area contributed by atoms with Gasteiger partial charge in [-0.3, -0.25) is 9.69 Å². The second-order valence-corrected chi connectivity index (χ2v) is 5.03. The van der Waals surface area contributed by atoms with Crippen LogP contribution in [0.2, 0.25) is 0 Å². The summed E-state index contributed by atoms with van der Waals surface area (Å²) in [7, 11) is 1.62. The van der Waals surface area contributed by atoms with E-state index in [2.05, 4.69) is 17.1 Å². The van der Waals surface area contributed by atoms with Crippen molar-refractivity contribution in [1.29, 1.82) is 0 Å². The highest BCUT2D eigenvalue weighted by molar-refractivity contribution is 5.94. The zero-order valence-corrected chi connectivity index (χ0v) is 11.7. The minimum absolute atomic E-state index is 0.0197. The van der Waals surface area contributed by atoms with Gasteiger partial charge < -0.3 is 10.1 Å². The Balaban J connectivity index is 1.82. The lowest BCUT2D eigenvalue weighted by Gasteiger charge is -2.23. The van der Waals surface area contributed by atoms with Gasteiger partial charge in [0.1, 0.15) is 5.75 Å². The van der Waals surface area contributed by atoms with Gasteiger partial charge in [0.15, 0.2) is 0 Å². The van der Waals surface area contributed by atoms with E-state index < -0.39 is 0 Å². The van der Waals surface area contributed by atoms with E-state index in [1.165, 1.54) is 12.8 Å². The average molecular weight is 262 g/mol. The van der Waals surface area contributed by atoms with Gasteiger partial charge in [-0.1, -0.05) is 0 Å². The molecular weight excluding hydrogens is 240 g/mol. The van der Waals surface area contributed by atoms with E-state index >= 15 is 0 Å². The lowest BCUT2D eigenvalue weighted by atomic mass is 10.2. The zero-order chi connectivity index (χ0) is 13.7. The Morgan fingerprint density at radius 3 is 2.53 bits per heavy atom. The number of likely N-dealkylation sites (tertiary alicyclic amines) is 1. The number of hydrogen-bond donors (Lipinski definition) is 1. The average Bonchev–Trinajstić information content (AvgIpc) is 2.98. The van der Waals surface area contributed by atoms with Gasteiger partial charge in [0.05, 0.1) is 7.11 Å². The quantitative estimate of drug-likeness (QED) is 0.881. The Morgan fingerprint density at radius 2 is 1.95 bits per heavy atom. The molecule has 1 aliphatic rings. The number of methoxy groups -OCH3 is 1. The predicted molar refractivity (Wildman–Crippen MR) is 75.6 cm³/mol. The van der Waals surface area contributed by atoms with Crippen LogP contribution in [-0.2, 0) is 0 Å². The summed E-state index contributed by atoms with van der Waals surface area (Å²) < 4.78 is 5.08. The van der Waals surface area contributed by atoms with Crippen LogP contribution < -0.4 is 10.1 Å². The normalized spacial score (nSPS) is 17.2. The third-order valence-corrected chi connectivity index (χ3v) is 3.67. The molecule has 0 saturated carbocycles. The molecule has 1 fully saturated rings. The van der Waals surface area contributed by atoms with E-state index in [-0.39, 0.29) is 5.91 Å². The van der Waals surface area contributed by atoms with E-state index in [1.54, 1.807) is 31.4 Å². The number of carbonyl (C=O) groups excluding carboxylic acids is 1. The topological polar surface area (TPSA) is 41.6 Å². The number of hydrogen-bond acceptors (Lipinski definition) is 3.